The van der Waals surface area contributed by atoms with Gasteiger partial charge in [-0.05, 0) is 50.2 Å². The van der Waals surface area contributed by atoms with Gasteiger partial charge >= 0.3 is 0 Å². The van der Waals surface area contributed by atoms with E-state index < -0.39 is 0 Å². The van der Waals surface area contributed by atoms with Gasteiger partial charge in [0.05, 0.1) is 7.11 Å². The number of benzene rings is 1. The van der Waals surface area contributed by atoms with E-state index in [1.54, 1.807) is 42.3 Å². The number of anilines is 1. The molecular weight excluding hydrogens is 306 g/mol. The van der Waals surface area contributed by atoms with Crippen LogP contribution in [0.15, 0.2) is 42.6 Å². The minimum absolute atomic E-state index is 0.110. The Morgan fingerprint density at radius 1 is 1.12 bits per heavy atom. The van der Waals surface area contributed by atoms with E-state index in [4.69, 9.17) is 4.74 Å². The van der Waals surface area contributed by atoms with Crippen LogP contribution >= 0.6 is 0 Å². The van der Waals surface area contributed by atoms with Crippen LogP contribution in [0.4, 0.5) is 5.69 Å². The monoisotopic (exact) mass is 327 g/mol. The summed E-state index contributed by atoms with van der Waals surface area (Å²) >= 11 is 0. The van der Waals surface area contributed by atoms with Gasteiger partial charge in [-0.3, -0.25) is 14.6 Å². The van der Waals surface area contributed by atoms with Gasteiger partial charge in [0.15, 0.2) is 0 Å². The molecule has 0 saturated carbocycles. The Morgan fingerprint density at radius 3 is 2.38 bits per heavy atom. The number of carbonyl (C=O) groups excluding carboxylic acids is 2. The van der Waals surface area contributed by atoms with Crippen molar-refractivity contribution in [2.75, 3.05) is 25.5 Å². The molecule has 0 fully saturated rings. The molecule has 24 heavy (non-hydrogen) atoms. The van der Waals surface area contributed by atoms with Gasteiger partial charge in [-0.25, -0.2) is 0 Å². The predicted molar refractivity (Wildman–Crippen MR) is 92.4 cm³/mol. The van der Waals surface area contributed by atoms with Crippen LogP contribution in [0.2, 0.25) is 0 Å². The van der Waals surface area contributed by atoms with Crippen molar-refractivity contribution >= 4 is 17.5 Å². The summed E-state index contributed by atoms with van der Waals surface area (Å²) < 4.78 is 5.08. The third-order valence-corrected chi connectivity index (χ3v) is 3.64. The van der Waals surface area contributed by atoms with Gasteiger partial charge in [0.25, 0.3) is 11.8 Å². The van der Waals surface area contributed by atoms with Crippen molar-refractivity contribution in [3.63, 3.8) is 0 Å². The van der Waals surface area contributed by atoms with E-state index in [1.165, 1.54) is 12.3 Å². The van der Waals surface area contributed by atoms with Gasteiger partial charge in [-0.2, -0.15) is 0 Å². The van der Waals surface area contributed by atoms with E-state index in [0.717, 1.165) is 0 Å². The van der Waals surface area contributed by atoms with E-state index in [-0.39, 0.29) is 17.5 Å². The minimum atomic E-state index is -0.366. The van der Waals surface area contributed by atoms with Gasteiger partial charge in [-0.1, -0.05) is 0 Å². The van der Waals surface area contributed by atoms with E-state index in [9.17, 15) is 9.59 Å². The zero-order chi connectivity index (χ0) is 17.5. The molecule has 0 aliphatic heterocycles. The second-order valence-electron chi connectivity index (χ2n) is 5.09. The lowest BCUT2D eigenvalue weighted by Gasteiger charge is -2.18. The van der Waals surface area contributed by atoms with Crippen molar-refractivity contribution in [3.05, 3.63) is 53.9 Å². The zero-order valence-electron chi connectivity index (χ0n) is 14.1. The maximum atomic E-state index is 12.4. The molecule has 6 nitrogen and oxygen atoms in total. The highest BCUT2D eigenvalue weighted by Crippen LogP contribution is 2.16. The average Bonchev–Trinajstić information content (AvgIpc) is 2.63. The molecule has 0 unspecified atom stereocenters. The highest BCUT2D eigenvalue weighted by molar-refractivity contribution is 6.04. The Morgan fingerprint density at radius 2 is 1.79 bits per heavy atom. The van der Waals surface area contributed by atoms with Crippen LogP contribution in [0.1, 0.15) is 34.7 Å². The summed E-state index contributed by atoms with van der Waals surface area (Å²) in [6.45, 7) is 5.07. The van der Waals surface area contributed by atoms with Crippen LogP contribution in [-0.2, 0) is 0 Å². The first-order valence-electron chi connectivity index (χ1n) is 7.79. The molecule has 0 aliphatic carbocycles. The maximum Gasteiger partial charge on any atom is 0.274 e. The Hall–Kier alpha value is -2.89. The smallest absolute Gasteiger partial charge is 0.274 e. The average molecular weight is 327 g/mol. The second-order valence-corrected chi connectivity index (χ2v) is 5.09. The summed E-state index contributed by atoms with van der Waals surface area (Å²) in [6, 6.07) is 10.1. The van der Waals surface area contributed by atoms with Crippen LogP contribution in [0.3, 0.4) is 0 Å². The molecule has 1 N–H and O–H groups in total. The number of methoxy groups -OCH3 is 1. The summed E-state index contributed by atoms with van der Waals surface area (Å²) in [7, 11) is 1.58. The number of hydrogen-bond acceptors (Lipinski definition) is 4. The Labute approximate surface area is 141 Å². The van der Waals surface area contributed by atoms with E-state index in [2.05, 4.69) is 10.3 Å². The standard InChI is InChI=1S/C18H21N3O3/c1-4-21(5-2)18(23)13-10-11-19-16(12-13)17(22)20-14-6-8-15(24-3)9-7-14/h6-12H,4-5H2,1-3H3,(H,20,22). The first-order valence-corrected chi connectivity index (χ1v) is 7.79. The van der Waals surface area contributed by atoms with Gasteiger partial charge < -0.3 is 15.0 Å². The Kier molecular flexibility index (Phi) is 5.89. The Bertz CT molecular complexity index is 710. The van der Waals surface area contributed by atoms with Crippen LogP contribution in [0.5, 0.6) is 5.75 Å². The molecule has 0 spiro atoms. The van der Waals surface area contributed by atoms with Crippen molar-refractivity contribution in [2.45, 2.75) is 13.8 Å². The topological polar surface area (TPSA) is 71.5 Å². The van der Waals surface area contributed by atoms with Gasteiger partial charge in [0, 0.05) is 30.5 Å². The lowest BCUT2D eigenvalue weighted by molar-refractivity contribution is 0.0773. The molecule has 1 aromatic heterocycles. The summed E-state index contributed by atoms with van der Waals surface area (Å²) in [4.78, 5) is 30.4. The fourth-order valence-electron chi connectivity index (χ4n) is 2.25. The predicted octanol–water partition coefficient (Wildman–Crippen LogP) is 2.82. The van der Waals surface area contributed by atoms with Gasteiger partial charge in [0.2, 0.25) is 0 Å². The van der Waals surface area contributed by atoms with Crippen molar-refractivity contribution < 1.29 is 14.3 Å². The van der Waals surface area contributed by atoms with Crippen molar-refractivity contribution in [2.24, 2.45) is 0 Å². The number of aromatic nitrogens is 1. The number of hydrogen-bond donors (Lipinski definition) is 1. The number of carbonyl (C=O) groups is 2. The molecule has 1 heterocycles. The Balaban J connectivity index is 2.14. The van der Waals surface area contributed by atoms with E-state index in [1.807, 2.05) is 13.8 Å². The van der Waals surface area contributed by atoms with Crippen LogP contribution < -0.4 is 10.1 Å². The van der Waals surface area contributed by atoms with E-state index in [0.29, 0.717) is 30.1 Å². The van der Waals surface area contributed by atoms with Gasteiger partial charge in [-0.15, -0.1) is 0 Å². The molecule has 2 aromatic rings. The lowest BCUT2D eigenvalue weighted by atomic mass is 10.2. The molecular formula is C18H21N3O3. The number of rotatable bonds is 6. The fourth-order valence-corrected chi connectivity index (χ4v) is 2.25. The summed E-state index contributed by atoms with van der Waals surface area (Å²) in [5.41, 5.74) is 1.28. The summed E-state index contributed by atoms with van der Waals surface area (Å²) in [5.74, 6) is 0.230. The molecule has 1 aromatic carbocycles. The molecule has 0 bridgehead atoms. The number of amides is 2. The summed E-state index contributed by atoms with van der Waals surface area (Å²) in [5, 5.41) is 2.75. The van der Waals surface area contributed by atoms with Crippen LogP contribution in [-0.4, -0.2) is 41.9 Å². The fraction of sp³-hybridized carbons (Fsp3) is 0.278. The molecule has 126 valence electrons. The number of pyridine rings is 1. The molecule has 0 saturated heterocycles. The molecule has 0 atom stereocenters. The highest BCUT2D eigenvalue weighted by atomic mass is 16.5. The summed E-state index contributed by atoms with van der Waals surface area (Å²) in [6.07, 6.45) is 1.47. The maximum absolute atomic E-state index is 12.4. The second kappa shape index (κ2) is 8.10. The van der Waals surface area contributed by atoms with Crippen molar-refractivity contribution in [1.82, 2.24) is 9.88 Å². The SMILES string of the molecule is CCN(CC)C(=O)c1ccnc(C(=O)Nc2ccc(OC)cc2)c1. The largest absolute Gasteiger partial charge is 0.497 e. The first-order chi connectivity index (χ1) is 11.6. The minimum Gasteiger partial charge on any atom is -0.497 e. The molecule has 0 radical (unpaired) electrons. The highest BCUT2D eigenvalue weighted by Gasteiger charge is 2.15. The van der Waals surface area contributed by atoms with Crippen molar-refractivity contribution in [3.8, 4) is 5.75 Å². The van der Waals surface area contributed by atoms with Gasteiger partial charge in [0.1, 0.15) is 11.4 Å². The van der Waals surface area contributed by atoms with Crippen LogP contribution in [0, 0.1) is 0 Å². The molecule has 6 heteroatoms. The molecule has 0 aliphatic rings. The third-order valence-electron chi connectivity index (χ3n) is 3.64. The van der Waals surface area contributed by atoms with E-state index >= 15 is 0 Å². The normalized spacial score (nSPS) is 10.1. The van der Waals surface area contributed by atoms with Crippen molar-refractivity contribution in [1.29, 1.82) is 0 Å². The number of nitrogens with one attached hydrogen (secondary N) is 1. The quantitative estimate of drug-likeness (QED) is 0.885. The van der Waals surface area contributed by atoms with Crippen LogP contribution in [0.25, 0.3) is 0 Å². The first kappa shape index (κ1) is 17.5. The molecule has 2 amide bonds. The third kappa shape index (κ3) is 4.10. The molecule has 2 rings (SSSR count). The lowest BCUT2D eigenvalue weighted by Crippen LogP contribution is -2.30. The number of nitrogens with zero attached hydrogens (tertiary/aromatic N) is 2. The zero-order valence-corrected chi connectivity index (χ0v) is 14.1. The number of ether oxygens (including phenoxy) is 1.